The van der Waals surface area contributed by atoms with Crippen molar-refractivity contribution in [3.05, 3.63) is 0 Å². The zero-order valence-electron chi connectivity index (χ0n) is 17.9. The van der Waals surface area contributed by atoms with Gasteiger partial charge < -0.3 is 15.1 Å². The lowest BCUT2D eigenvalue weighted by atomic mass is 10.3. The van der Waals surface area contributed by atoms with Crippen molar-refractivity contribution in [2.75, 3.05) is 64.7 Å². The smallest absolute Gasteiger partial charge is 0.236 e. The van der Waals surface area contributed by atoms with Gasteiger partial charge in [0.05, 0.1) is 13.1 Å². The quantitative estimate of drug-likeness (QED) is 0.321. The van der Waals surface area contributed by atoms with Gasteiger partial charge in [0, 0.05) is 67.1 Å². The number of nitrogens with zero attached hydrogens (tertiary/aromatic N) is 4. The molecule has 0 saturated carbocycles. The highest BCUT2D eigenvalue weighted by Crippen LogP contribution is 2.11. The Hall–Kier alpha value is -0.420. The van der Waals surface area contributed by atoms with Gasteiger partial charge in [0.25, 0.3) is 0 Å². The molecule has 1 unspecified atom stereocenters. The number of amides is 1. The number of nitrogens with one attached hydrogen (secondary N) is 1. The highest BCUT2D eigenvalue weighted by atomic mass is 127. The number of hydrogen-bond acceptors (Lipinski definition) is 4. The second-order valence-corrected chi connectivity index (χ2v) is 10.6. The van der Waals surface area contributed by atoms with Crippen LogP contribution in [0.4, 0.5) is 0 Å². The number of piperazine rings is 1. The molecule has 2 aliphatic rings. The van der Waals surface area contributed by atoms with Crippen LogP contribution < -0.4 is 5.32 Å². The highest BCUT2D eigenvalue weighted by molar-refractivity contribution is 14.0. The number of halogens is 1. The van der Waals surface area contributed by atoms with Crippen molar-refractivity contribution in [2.45, 2.75) is 45.3 Å². The van der Waals surface area contributed by atoms with E-state index in [2.05, 4.69) is 27.0 Å². The molecule has 0 bridgehead atoms. The minimum Gasteiger partial charge on any atom is -0.357 e. The minimum atomic E-state index is -0.880. The van der Waals surface area contributed by atoms with Crippen LogP contribution in [-0.2, 0) is 15.6 Å². The van der Waals surface area contributed by atoms with Crippen molar-refractivity contribution in [1.82, 2.24) is 20.0 Å². The lowest BCUT2D eigenvalue weighted by molar-refractivity contribution is -0.131. The average Bonchev–Trinajstić information content (AvgIpc) is 3.15. The molecule has 2 heterocycles. The van der Waals surface area contributed by atoms with Crippen molar-refractivity contribution < 1.29 is 9.00 Å². The van der Waals surface area contributed by atoms with E-state index >= 15 is 0 Å². The van der Waals surface area contributed by atoms with Crippen LogP contribution in [0.1, 0.15) is 40.5 Å². The number of likely N-dealkylation sites (tertiary alicyclic amines) is 1. The fraction of sp³-hybridized carbons (Fsp3) is 0.895. The Morgan fingerprint density at radius 3 is 2.18 bits per heavy atom. The predicted octanol–water partition coefficient (Wildman–Crippen LogP) is 1.36. The van der Waals surface area contributed by atoms with E-state index in [0.717, 1.165) is 64.6 Å². The molecule has 7 nitrogen and oxygen atoms in total. The molecule has 1 atom stereocenters. The van der Waals surface area contributed by atoms with E-state index < -0.39 is 10.8 Å². The zero-order chi connectivity index (χ0) is 19.9. The topological polar surface area (TPSA) is 68.2 Å². The van der Waals surface area contributed by atoms with E-state index in [-0.39, 0.29) is 34.6 Å². The third-order valence-corrected chi connectivity index (χ3v) is 6.97. The second-order valence-electron chi connectivity index (χ2n) is 8.25. The summed E-state index contributed by atoms with van der Waals surface area (Å²) >= 11 is 0. The standard InChI is InChI=1S/C19H37N5O2S.HI/c1-5-20-18(21-8-15-27(26)19(2,3)4)24-13-11-22(12-14-24)16-17(25)23-9-6-7-10-23;/h5-16H2,1-4H3,(H,20,21);1H. The normalized spacial score (nSPS) is 20.1. The van der Waals surface area contributed by atoms with Crippen molar-refractivity contribution in [3.8, 4) is 0 Å². The van der Waals surface area contributed by atoms with Crippen LogP contribution >= 0.6 is 24.0 Å². The molecule has 0 aromatic carbocycles. The van der Waals surface area contributed by atoms with Gasteiger partial charge in [0.15, 0.2) is 5.96 Å². The Morgan fingerprint density at radius 2 is 1.64 bits per heavy atom. The molecule has 2 fully saturated rings. The highest BCUT2D eigenvalue weighted by Gasteiger charge is 2.25. The first-order valence-corrected chi connectivity index (χ1v) is 11.5. The van der Waals surface area contributed by atoms with Gasteiger partial charge in [-0.15, -0.1) is 24.0 Å². The maximum atomic E-state index is 12.3. The van der Waals surface area contributed by atoms with Crippen LogP contribution in [0.5, 0.6) is 0 Å². The fourth-order valence-corrected chi connectivity index (χ4v) is 4.21. The molecule has 0 aromatic heterocycles. The predicted molar refractivity (Wildman–Crippen MR) is 128 cm³/mol. The van der Waals surface area contributed by atoms with Crippen LogP contribution in [0.2, 0.25) is 0 Å². The first-order valence-electron chi connectivity index (χ1n) is 10.2. The Balaban J connectivity index is 0.00000392. The van der Waals surface area contributed by atoms with Gasteiger partial charge in [-0.2, -0.15) is 0 Å². The summed E-state index contributed by atoms with van der Waals surface area (Å²) in [6, 6.07) is 0. The molecule has 28 heavy (non-hydrogen) atoms. The summed E-state index contributed by atoms with van der Waals surface area (Å²) in [5.41, 5.74) is 0. The van der Waals surface area contributed by atoms with Crippen molar-refractivity contribution in [2.24, 2.45) is 4.99 Å². The molecule has 0 spiro atoms. The molecule has 1 amide bonds. The van der Waals surface area contributed by atoms with Gasteiger partial charge in [-0.1, -0.05) is 0 Å². The molecular weight excluding hydrogens is 489 g/mol. The van der Waals surface area contributed by atoms with Gasteiger partial charge in [-0.25, -0.2) is 0 Å². The first-order chi connectivity index (χ1) is 12.8. The molecular formula is C19H38IN5O2S. The first kappa shape index (κ1) is 25.6. The molecule has 9 heteroatoms. The van der Waals surface area contributed by atoms with Crippen molar-refractivity contribution >= 4 is 46.6 Å². The molecule has 2 rings (SSSR count). The van der Waals surface area contributed by atoms with Gasteiger partial charge >= 0.3 is 0 Å². The van der Waals surface area contributed by atoms with E-state index in [1.54, 1.807) is 0 Å². The summed E-state index contributed by atoms with van der Waals surface area (Å²) in [4.78, 5) is 23.5. The Labute approximate surface area is 190 Å². The van der Waals surface area contributed by atoms with Crippen molar-refractivity contribution in [3.63, 3.8) is 0 Å². The monoisotopic (exact) mass is 527 g/mol. The third-order valence-electron chi connectivity index (χ3n) is 5.05. The molecule has 2 aliphatic heterocycles. The summed E-state index contributed by atoms with van der Waals surface area (Å²) in [6.07, 6.45) is 2.28. The SMILES string of the molecule is CCNC(=NCCS(=O)C(C)(C)C)N1CCN(CC(=O)N2CCCC2)CC1.I. The van der Waals surface area contributed by atoms with Crippen LogP contribution in [0.3, 0.4) is 0 Å². The lowest BCUT2D eigenvalue weighted by Crippen LogP contribution is -2.54. The second kappa shape index (κ2) is 12.3. The maximum Gasteiger partial charge on any atom is 0.236 e. The van der Waals surface area contributed by atoms with Crippen LogP contribution in [0.25, 0.3) is 0 Å². The minimum absolute atomic E-state index is 0. The number of hydrogen-bond donors (Lipinski definition) is 1. The summed E-state index contributed by atoms with van der Waals surface area (Å²) < 4.78 is 12.0. The zero-order valence-corrected chi connectivity index (χ0v) is 21.1. The average molecular weight is 528 g/mol. The van der Waals surface area contributed by atoms with Crippen LogP contribution in [0.15, 0.2) is 4.99 Å². The van der Waals surface area contributed by atoms with Crippen LogP contribution in [0, 0.1) is 0 Å². The Morgan fingerprint density at radius 1 is 1.04 bits per heavy atom. The van der Waals surface area contributed by atoms with Gasteiger partial charge in [-0.05, 0) is 40.5 Å². The number of carbonyl (C=O) groups excluding carboxylic acids is 1. The summed E-state index contributed by atoms with van der Waals surface area (Å²) in [6.45, 7) is 15.3. The molecule has 164 valence electrons. The van der Waals surface area contributed by atoms with E-state index in [1.807, 2.05) is 25.7 Å². The molecule has 0 radical (unpaired) electrons. The van der Waals surface area contributed by atoms with Gasteiger partial charge in [-0.3, -0.25) is 18.9 Å². The number of carbonyl (C=O) groups is 1. The van der Waals surface area contributed by atoms with Crippen LogP contribution in [-0.4, -0.2) is 100 Å². The number of rotatable bonds is 6. The summed E-state index contributed by atoms with van der Waals surface area (Å²) in [5, 5.41) is 3.35. The summed E-state index contributed by atoms with van der Waals surface area (Å²) in [7, 11) is -0.880. The molecule has 2 saturated heterocycles. The van der Waals surface area contributed by atoms with E-state index in [1.165, 1.54) is 0 Å². The van der Waals surface area contributed by atoms with Crippen molar-refractivity contribution in [1.29, 1.82) is 0 Å². The largest absolute Gasteiger partial charge is 0.357 e. The van der Waals surface area contributed by atoms with E-state index in [4.69, 9.17) is 0 Å². The summed E-state index contributed by atoms with van der Waals surface area (Å²) in [5.74, 6) is 1.75. The molecule has 0 aliphatic carbocycles. The molecule has 0 aromatic rings. The van der Waals surface area contributed by atoms with E-state index in [0.29, 0.717) is 18.8 Å². The fourth-order valence-electron chi connectivity index (χ4n) is 3.34. The number of guanidine groups is 1. The number of aliphatic imine (C=N–C) groups is 1. The maximum absolute atomic E-state index is 12.3. The molecule has 1 N–H and O–H groups in total. The Bertz CT molecular complexity index is 539. The lowest BCUT2D eigenvalue weighted by Gasteiger charge is -2.36. The van der Waals surface area contributed by atoms with Gasteiger partial charge in [0.2, 0.25) is 5.91 Å². The van der Waals surface area contributed by atoms with Gasteiger partial charge in [0.1, 0.15) is 0 Å². The Kier molecular flexibility index (Phi) is 11.3. The van der Waals surface area contributed by atoms with E-state index in [9.17, 15) is 9.00 Å². The third kappa shape index (κ3) is 8.14.